The lowest BCUT2D eigenvalue weighted by Crippen LogP contribution is -2.20. The van der Waals surface area contributed by atoms with Gasteiger partial charge in [0.1, 0.15) is 0 Å². The molecule has 1 aliphatic rings. The van der Waals surface area contributed by atoms with Crippen LogP contribution in [0, 0.1) is 17.2 Å². The van der Waals surface area contributed by atoms with Crippen molar-refractivity contribution in [1.29, 1.82) is 5.26 Å². The smallest absolute Gasteiger partial charge is 0.0991 e. The van der Waals surface area contributed by atoms with Gasteiger partial charge in [-0.05, 0) is 60.8 Å². The highest BCUT2D eigenvalue weighted by Crippen LogP contribution is 2.40. The molecule has 1 aromatic rings. The maximum absolute atomic E-state index is 8.95. The van der Waals surface area contributed by atoms with Gasteiger partial charge in [0.05, 0.1) is 11.6 Å². The van der Waals surface area contributed by atoms with Crippen LogP contribution in [0.5, 0.6) is 0 Å². The molecule has 2 rings (SSSR count). The molecule has 1 aliphatic carbocycles. The number of benzene rings is 1. The zero-order valence-electron chi connectivity index (χ0n) is 16.6. The van der Waals surface area contributed by atoms with Gasteiger partial charge in [0, 0.05) is 8.80 Å². The molecule has 0 radical (unpaired) electrons. The van der Waals surface area contributed by atoms with Crippen molar-refractivity contribution in [3.05, 3.63) is 35.4 Å². The molecular formula is C23H37NSi. The van der Waals surface area contributed by atoms with E-state index in [1.165, 1.54) is 69.8 Å². The summed E-state index contributed by atoms with van der Waals surface area (Å²) in [6.07, 6.45) is 14.2. The van der Waals surface area contributed by atoms with E-state index in [0.717, 1.165) is 22.9 Å². The van der Waals surface area contributed by atoms with Crippen LogP contribution >= 0.6 is 0 Å². The molecule has 0 spiro atoms. The van der Waals surface area contributed by atoms with Crippen molar-refractivity contribution < 1.29 is 0 Å². The van der Waals surface area contributed by atoms with E-state index >= 15 is 0 Å². The van der Waals surface area contributed by atoms with Crippen LogP contribution in [0.25, 0.3) is 0 Å². The first-order valence-corrected chi connectivity index (χ1v) is 13.6. The Morgan fingerprint density at radius 3 is 2.28 bits per heavy atom. The van der Waals surface area contributed by atoms with Crippen LogP contribution < -0.4 is 0 Å². The third-order valence-electron chi connectivity index (χ3n) is 6.37. The van der Waals surface area contributed by atoms with E-state index in [9.17, 15) is 0 Å². The summed E-state index contributed by atoms with van der Waals surface area (Å²) in [5.74, 6) is 1.70. The number of rotatable bonds is 9. The second-order valence-electron chi connectivity index (χ2n) is 8.54. The van der Waals surface area contributed by atoms with Gasteiger partial charge in [-0.1, -0.05) is 70.7 Å². The lowest BCUT2D eigenvalue weighted by atomic mass is 9.77. The SMILES string of the molecule is CCCCCCC(C[C@H]1CC[C@H](c2ccc(C#N)cc2)CC1)[SiH](C)C. The van der Waals surface area contributed by atoms with Crippen LogP contribution in [0.1, 0.15) is 88.2 Å². The minimum absolute atomic E-state index is 0.523. The first kappa shape index (κ1) is 20.2. The molecule has 1 atom stereocenters. The van der Waals surface area contributed by atoms with Crippen molar-refractivity contribution in [2.24, 2.45) is 5.92 Å². The molecule has 0 heterocycles. The summed E-state index contributed by atoms with van der Waals surface area (Å²) in [6.45, 7) is 7.43. The monoisotopic (exact) mass is 355 g/mol. The average molecular weight is 356 g/mol. The number of nitriles is 1. The largest absolute Gasteiger partial charge is 0.192 e. The Bertz CT molecular complexity index is 520. The predicted molar refractivity (Wildman–Crippen MR) is 112 cm³/mol. The fraction of sp³-hybridized carbons (Fsp3) is 0.696. The van der Waals surface area contributed by atoms with E-state index in [4.69, 9.17) is 5.26 Å². The van der Waals surface area contributed by atoms with Crippen molar-refractivity contribution >= 4 is 8.80 Å². The number of nitrogens with zero attached hydrogens (tertiary/aromatic N) is 1. The fourth-order valence-electron chi connectivity index (χ4n) is 4.55. The van der Waals surface area contributed by atoms with Gasteiger partial charge in [-0.3, -0.25) is 0 Å². The van der Waals surface area contributed by atoms with Crippen molar-refractivity contribution in [3.63, 3.8) is 0 Å². The topological polar surface area (TPSA) is 23.8 Å². The standard InChI is InChI=1S/C23H37NSi/c1-4-5-6-7-8-23(25(2)3)17-19-9-13-21(14-10-19)22-15-11-20(18-24)12-16-22/h11-12,15-16,19,21,23,25H,4-10,13-14,17H2,1-3H3/t19-,21-,23?. The molecule has 0 amide bonds. The van der Waals surface area contributed by atoms with Crippen LogP contribution in [0.4, 0.5) is 0 Å². The molecule has 0 aromatic heterocycles. The van der Waals surface area contributed by atoms with E-state index < -0.39 is 8.80 Å². The molecule has 1 fully saturated rings. The van der Waals surface area contributed by atoms with Crippen LogP contribution in [-0.4, -0.2) is 8.80 Å². The number of unbranched alkanes of at least 4 members (excludes halogenated alkanes) is 3. The van der Waals surface area contributed by atoms with Crippen molar-refractivity contribution in [2.75, 3.05) is 0 Å². The van der Waals surface area contributed by atoms with Gasteiger partial charge in [0.15, 0.2) is 0 Å². The second-order valence-corrected chi connectivity index (χ2v) is 12.0. The summed E-state index contributed by atoms with van der Waals surface area (Å²) < 4.78 is 0. The maximum atomic E-state index is 8.95. The first-order valence-electron chi connectivity index (χ1n) is 10.6. The number of hydrogen-bond acceptors (Lipinski definition) is 1. The van der Waals surface area contributed by atoms with Crippen molar-refractivity contribution in [2.45, 2.75) is 95.7 Å². The molecule has 1 unspecified atom stereocenters. The lowest BCUT2D eigenvalue weighted by Gasteiger charge is -2.32. The molecule has 1 aromatic carbocycles. The molecule has 138 valence electrons. The highest BCUT2D eigenvalue weighted by Gasteiger charge is 2.26. The Labute approximate surface area is 157 Å². The summed E-state index contributed by atoms with van der Waals surface area (Å²) >= 11 is 0. The molecule has 0 saturated heterocycles. The van der Waals surface area contributed by atoms with Gasteiger partial charge >= 0.3 is 0 Å². The molecule has 0 aliphatic heterocycles. The van der Waals surface area contributed by atoms with Gasteiger partial charge in [0.25, 0.3) is 0 Å². The van der Waals surface area contributed by atoms with Crippen LogP contribution in [0.3, 0.4) is 0 Å². The Morgan fingerprint density at radius 2 is 1.72 bits per heavy atom. The summed E-state index contributed by atoms with van der Waals surface area (Å²) in [5, 5.41) is 8.95. The Kier molecular flexibility index (Phi) is 8.76. The maximum Gasteiger partial charge on any atom is 0.0991 e. The fourth-order valence-corrected chi connectivity index (χ4v) is 6.38. The van der Waals surface area contributed by atoms with Gasteiger partial charge in [-0.25, -0.2) is 0 Å². The van der Waals surface area contributed by atoms with Gasteiger partial charge in [-0.2, -0.15) is 5.26 Å². The van der Waals surface area contributed by atoms with E-state index in [0.29, 0.717) is 0 Å². The molecule has 1 saturated carbocycles. The van der Waals surface area contributed by atoms with Crippen LogP contribution in [0.2, 0.25) is 18.6 Å². The van der Waals surface area contributed by atoms with Crippen LogP contribution in [0.15, 0.2) is 24.3 Å². The highest BCUT2D eigenvalue weighted by molar-refractivity contribution is 6.57. The zero-order valence-corrected chi connectivity index (χ0v) is 17.8. The first-order chi connectivity index (χ1) is 12.1. The average Bonchev–Trinajstić information content (AvgIpc) is 2.64. The predicted octanol–water partition coefficient (Wildman–Crippen LogP) is 7.05. The Morgan fingerprint density at radius 1 is 1.04 bits per heavy atom. The molecule has 1 nitrogen and oxygen atoms in total. The van der Waals surface area contributed by atoms with Gasteiger partial charge in [-0.15, -0.1) is 0 Å². The van der Waals surface area contributed by atoms with Crippen LogP contribution in [-0.2, 0) is 0 Å². The van der Waals surface area contributed by atoms with Gasteiger partial charge < -0.3 is 0 Å². The summed E-state index contributed by atoms with van der Waals surface area (Å²) in [7, 11) is -0.523. The van der Waals surface area contributed by atoms with E-state index in [1.54, 1.807) is 0 Å². The van der Waals surface area contributed by atoms with Crippen molar-refractivity contribution in [1.82, 2.24) is 0 Å². The molecule has 0 bridgehead atoms. The molecule has 2 heteroatoms. The molecule has 0 N–H and O–H groups in total. The molecule has 25 heavy (non-hydrogen) atoms. The summed E-state index contributed by atoms with van der Waals surface area (Å²) in [6, 6.07) is 10.6. The molecular weight excluding hydrogens is 318 g/mol. The summed E-state index contributed by atoms with van der Waals surface area (Å²) in [4.78, 5) is 0. The third-order valence-corrected chi connectivity index (χ3v) is 8.86. The van der Waals surface area contributed by atoms with Gasteiger partial charge in [0.2, 0.25) is 0 Å². The van der Waals surface area contributed by atoms with E-state index in [2.05, 4.69) is 38.2 Å². The minimum atomic E-state index is -0.523. The normalized spacial score (nSPS) is 21.9. The van der Waals surface area contributed by atoms with E-state index in [-0.39, 0.29) is 0 Å². The lowest BCUT2D eigenvalue weighted by molar-refractivity contribution is 0.300. The number of hydrogen-bond donors (Lipinski definition) is 0. The third kappa shape index (κ3) is 6.63. The minimum Gasteiger partial charge on any atom is -0.192 e. The Balaban J connectivity index is 1.78. The Hall–Kier alpha value is -1.07. The second kappa shape index (κ2) is 10.8. The quantitative estimate of drug-likeness (QED) is 0.344. The van der Waals surface area contributed by atoms with E-state index in [1.807, 2.05) is 12.1 Å². The highest BCUT2D eigenvalue weighted by atomic mass is 28.3. The summed E-state index contributed by atoms with van der Waals surface area (Å²) in [5.41, 5.74) is 3.30. The zero-order chi connectivity index (χ0) is 18.1. The van der Waals surface area contributed by atoms with Crippen molar-refractivity contribution in [3.8, 4) is 6.07 Å².